The maximum absolute atomic E-state index is 11.7. The van der Waals surface area contributed by atoms with Gasteiger partial charge in [-0.2, -0.15) is 0 Å². The lowest BCUT2D eigenvalue weighted by molar-refractivity contribution is 0.251. The molecule has 0 heterocycles. The van der Waals surface area contributed by atoms with Crippen LogP contribution in [0.2, 0.25) is 0 Å². The molecule has 1 rings (SSSR count). The summed E-state index contributed by atoms with van der Waals surface area (Å²) in [5.74, 6) is -0.864. The SMILES string of the molecule is CNC(=O)N(C(=N)N)c1c(C)c(O)cc(O)c1C. The van der Waals surface area contributed by atoms with Gasteiger partial charge in [0.2, 0.25) is 5.96 Å². The summed E-state index contributed by atoms with van der Waals surface area (Å²) in [7, 11) is 1.39. The second-order valence-corrected chi connectivity index (χ2v) is 3.79. The number of nitrogens with one attached hydrogen (secondary N) is 2. The lowest BCUT2D eigenvalue weighted by Crippen LogP contribution is -2.46. The van der Waals surface area contributed by atoms with Crippen molar-refractivity contribution in [2.24, 2.45) is 5.73 Å². The number of amides is 2. The van der Waals surface area contributed by atoms with E-state index in [0.717, 1.165) is 4.90 Å². The number of rotatable bonds is 1. The van der Waals surface area contributed by atoms with E-state index < -0.39 is 12.0 Å². The lowest BCUT2D eigenvalue weighted by Gasteiger charge is -2.24. The first-order valence-electron chi connectivity index (χ1n) is 5.19. The van der Waals surface area contributed by atoms with Gasteiger partial charge in [-0.05, 0) is 13.8 Å². The highest BCUT2D eigenvalue weighted by Crippen LogP contribution is 2.37. The van der Waals surface area contributed by atoms with Gasteiger partial charge in [-0.15, -0.1) is 0 Å². The molecule has 0 aliphatic heterocycles. The summed E-state index contributed by atoms with van der Waals surface area (Å²) >= 11 is 0. The van der Waals surface area contributed by atoms with Gasteiger partial charge in [-0.1, -0.05) is 0 Å². The van der Waals surface area contributed by atoms with Gasteiger partial charge in [0, 0.05) is 24.2 Å². The smallest absolute Gasteiger partial charge is 0.328 e. The van der Waals surface area contributed by atoms with Crippen molar-refractivity contribution >= 4 is 17.7 Å². The molecule has 0 unspecified atom stereocenters. The Morgan fingerprint density at radius 1 is 1.33 bits per heavy atom. The first-order chi connectivity index (χ1) is 8.31. The summed E-state index contributed by atoms with van der Waals surface area (Å²) in [5.41, 5.74) is 6.26. The van der Waals surface area contributed by atoms with Crippen LogP contribution in [0.5, 0.6) is 11.5 Å². The van der Waals surface area contributed by atoms with Crippen LogP contribution in [0.3, 0.4) is 0 Å². The second kappa shape index (κ2) is 4.82. The summed E-state index contributed by atoms with van der Waals surface area (Å²) in [6, 6.07) is 0.551. The van der Waals surface area contributed by atoms with Crippen LogP contribution in [-0.2, 0) is 0 Å². The van der Waals surface area contributed by atoms with Gasteiger partial charge in [0.25, 0.3) is 0 Å². The van der Waals surface area contributed by atoms with E-state index in [1.807, 2.05) is 0 Å². The molecule has 0 bridgehead atoms. The Kier molecular flexibility index (Phi) is 3.65. The van der Waals surface area contributed by atoms with Gasteiger partial charge < -0.3 is 21.3 Å². The van der Waals surface area contributed by atoms with Crippen LogP contribution in [0.4, 0.5) is 10.5 Å². The molecule has 18 heavy (non-hydrogen) atoms. The number of carbonyl (C=O) groups is 1. The van der Waals surface area contributed by atoms with Gasteiger partial charge in [0.1, 0.15) is 11.5 Å². The minimum Gasteiger partial charge on any atom is -0.507 e. The van der Waals surface area contributed by atoms with Crippen LogP contribution < -0.4 is 16.0 Å². The molecule has 0 spiro atoms. The number of anilines is 1. The average Bonchev–Trinajstić information content (AvgIpc) is 2.30. The molecule has 6 N–H and O–H groups in total. The van der Waals surface area contributed by atoms with E-state index in [2.05, 4.69) is 5.32 Å². The van der Waals surface area contributed by atoms with Gasteiger partial charge in [-0.25, -0.2) is 9.69 Å². The molecule has 0 fully saturated rings. The van der Waals surface area contributed by atoms with Crippen molar-refractivity contribution in [2.75, 3.05) is 11.9 Å². The van der Waals surface area contributed by atoms with E-state index in [9.17, 15) is 15.0 Å². The molecule has 0 radical (unpaired) electrons. The number of carbonyl (C=O) groups excluding carboxylic acids is 1. The van der Waals surface area contributed by atoms with Crippen LogP contribution in [0.1, 0.15) is 11.1 Å². The van der Waals surface area contributed by atoms with Crippen molar-refractivity contribution in [1.82, 2.24) is 5.32 Å². The predicted molar refractivity (Wildman–Crippen MR) is 68.1 cm³/mol. The molecule has 7 nitrogen and oxygen atoms in total. The number of aromatic hydroxyl groups is 2. The van der Waals surface area contributed by atoms with Gasteiger partial charge in [0.05, 0.1) is 5.69 Å². The Hall–Kier alpha value is -2.44. The van der Waals surface area contributed by atoms with Crippen LogP contribution in [0, 0.1) is 19.3 Å². The molecular weight excluding hydrogens is 236 g/mol. The second-order valence-electron chi connectivity index (χ2n) is 3.79. The highest BCUT2D eigenvalue weighted by Gasteiger charge is 2.24. The molecule has 1 aromatic rings. The first-order valence-corrected chi connectivity index (χ1v) is 5.19. The van der Waals surface area contributed by atoms with E-state index >= 15 is 0 Å². The number of nitrogens with two attached hydrogens (primary N) is 1. The molecular formula is C11H16N4O3. The third kappa shape index (κ3) is 2.15. The van der Waals surface area contributed by atoms with E-state index in [0.29, 0.717) is 11.1 Å². The number of guanidine groups is 1. The zero-order chi connectivity index (χ0) is 14.0. The molecule has 0 saturated heterocycles. The standard InChI is InChI=1S/C11H16N4O3/c1-5-7(16)4-8(17)6(2)9(5)15(10(12)13)11(18)14-3/h4,16-17H,1-3H3,(H3,12,13)(H,14,18). The fraction of sp³-hybridized carbons (Fsp3) is 0.273. The molecule has 98 valence electrons. The Morgan fingerprint density at radius 2 is 1.78 bits per heavy atom. The predicted octanol–water partition coefficient (Wildman–Crippen LogP) is 0.754. The summed E-state index contributed by atoms with van der Waals surface area (Å²) < 4.78 is 0. The topological polar surface area (TPSA) is 123 Å². The van der Waals surface area contributed by atoms with Crippen LogP contribution in [0.15, 0.2) is 6.07 Å². The number of nitrogens with zero attached hydrogens (tertiary/aromatic N) is 1. The molecule has 2 amide bonds. The highest BCUT2D eigenvalue weighted by molar-refractivity contribution is 6.15. The van der Waals surface area contributed by atoms with E-state index in [-0.39, 0.29) is 17.2 Å². The summed E-state index contributed by atoms with van der Waals surface area (Å²) in [4.78, 5) is 12.6. The molecule has 0 aromatic heterocycles. The third-order valence-corrected chi connectivity index (χ3v) is 2.63. The van der Waals surface area contributed by atoms with E-state index in [1.165, 1.54) is 13.1 Å². The van der Waals surface area contributed by atoms with Gasteiger partial charge in [-0.3, -0.25) is 5.41 Å². The number of benzene rings is 1. The van der Waals surface area contributed by atoms with Gasteiger partial charge >= 0.3 is 6.03 Å². The fourth-order valence-electron chi connectivity index (χ4n) is 1.65. The zero-order valence-corrected chi connectivity index (χ0v) is 10.4. The van der Waals surface area contributed by atoms with E-state index in [4.69, 9.17) is 11.1 Å². The quantitative estimate of drug-likeness (QED) is 0.374. The number of phenolic OH excluding ortho intramolecular Hbond substituents is 2. The Morgan fingerprint density at radius 3 is 2.11 bits per heavy atom. The van der Waals surface area contributed by atoms with Crippen molar-refractivity contribution in [2.45, 2.75) is 13.8 Å². The molecule has 0 saturated carbocycles. The summed E-state index contributed by atoms with van der Waals surface area (Å²) in [6.07, 6.45) is 0. The number of hydrogen-bond acceptors (Lipinski definition) is 4. The Bertz CT molecular complexity index is 487. The summed E-state index contributed by atoms with van der Waals surface area (Å²) in [6.45, 7) is 3.13. The Balaban J connectivity index is 3.55. The maximum Gasteiger partial charge on any atom is 0.328 e. The van der Waals surface area contributed by atoms with Crippen LogP contribution in [0.25, 0.3) is 0 Å². The van der Waals surface area contributed by atoms with Crippen molar-refractivity contribution in [3.05, 3.63) is 17.2 Å². The number of urea groups is 1. The van der Waals surface area contributed by atoms with E-state index in [1.54, 1.807) is 13.8 Å². The minimum absolute atomic E-state index is 0.178. The van der Waals surface area contributed by atoms with Crippen molar-refractivity contribution in [1.29, 1.82) is 5.41 Å². The molecule has 0 aliphatic rings. The van der Waals surface area contributed by atoms with Crippen LogP contribution >= 0.6 is 0 Å². The molecule has 0 aliphatic carbocycles. The first kappa shape index (κ1) is 13.6. The van der Waals surface area contributed by atoms with Crippen molar-refractivity contribution in [3.8, 4) is 11.5 Å². The van der Waals surface area contributed by atoms with Gasteiger partial charge in [0.15, 0.2) is 0 Å². The molecule has 1 aromatic carbocycles. The van der Waals surface area contributed by atoms with Crippen molar-refractivity contribution < 1.29 is 15.0 Å². The minimum atomic E-state index is -0.626. The molecule has 0 atom stereocenters. The number of phenols is 2. The lowest BCUT2D eigenvalue weighted by atomic mass is 10.1. The monoisotopic (exact) mass is 252 g/mol. The fourth-order valence-corrected chi connectivity index (χ4v) is 1.65. The number of hydrogen-bond donors (Lipinski definition) is 5. The normalized spacial score (nSPS) is 9.94. The van der Waals surface area contributed by atoms with Crippen molar-refractivity contribution in [3.63, 3.8) is 0 Å². The maximum atomic E-state index is 11.7. The van der Waals surface area contributed by atoms with Crippen LogP contribution in [-0.4, -0.2) is 29.3 Å². The summed E-state index contributed by atoms with van der Waals surface area (Å²) in [5, 5.41) is 29.1. The largest absolute Gasteiger partial charge is 0.507 e. The average molecular weight is 252 g/mol. The Labute approximate surface area is 104 Å². The zero-order valence-electron chi connectivity index (χ0n) is 10.4. The molecule has 7 heteroatoms. The third-order valence-electron chi connectivity index (χ3n) is 2.63. The highest BCUT2D eigenvalue weighted by atomic mass is 16.3.